The second-order valence-corrected chi connectivity index (χ2v) is 24.2. The van der Waals surface area contributed by atoms with E-state index in [4.69, 9.17) is 0 Å². The molecular weight excluding hydrogens is 1350 g/mol. The Morgan fingerprint density at radius 3 is 0.529 bits per heavy atom. The minimum atomic E-state index is -0.597. The topological polar surface area (TPSA) is 346 Å². The second kappa shape index (κ2) is 50.2. The van der Waals surface area contributed by atoms with E-state index in [0.29, 0.717) is 6.54 Å². The summed E-state index contributed by atoms with van der Waals surface area (Å²) in [5.74, 6) is -8.33. The Morgan fingerprint density at radius 2 is 0.375 bits per heavy atom. The molecule has 16 amide bonds. The lowest BCUT2D eigenvalue weighted by Gasteiger charge is -2.32. The third kappa shape index (κ3) is 31.3. The van der Waals surface area contributed by atoms with Crippen molar-refractivity contribution in [1.82, 2.24) is 84.1 Å². The van der Waals surface area contributed by atoms with Crippen LogP contribution >= 0.6 is 0 Å². The van der Waals surface area contributed by atoms with Gasteiger partial charge in [-0.1, -0.05) is 37.3 Å². The number of likely N-dealkylation sites (N-methyl/N-ethyl adjacent to an activating group) is 16. The number of carbonyl (C=O) groups is 16. The molecule has 0 saturated carbocycles. The molecule has 1 rings (SSSR count). The van der Waals surface area contributed by atoms with Gasteiger partial charge < -0.3 is 84.1 Å². The Labute approximate surface area is 615 Å². The zero-order valence-corrected chi connectivity index (χ0v) is 65.0. The highest BCUT2D eigenvalue weighted by molar-refractivity contribution is 5.96. The van der Waals surface area contributed by atoms with E-state index in [0.717, 1.165) is 5.56 Å². The molecule has 0 radical (unpaired) electrons. The van der Waals surface area contributed by atoms with E-state index in [1.165, 1.54) is 73.5 Å². The van der Waals surface area contributed by atoms with E-state index >= 15 is 0 Å². The van der Waals surface area contributed by atoms with Crippen molar-refractivity contribution in [3.05, 3.63) is 35.9 Å². The predicted molar refractivity (Wildman–Crippen MR) is 391 cm³/mol. The molecule has 2 N–H and O–H groups in total. The summed E-state index contributed by atoms with van der Waals surface area (Å²) in [6.07, 6.45) is 0. The molecule has 0 saturated heterocycles. The molecule has 0 unspecified atom stereocenters. The van der Waals surface area contributed by atoms with Gasteiger partial charge in [0, 0.05) is 105 Å². The van der Waals surface area contributed by atoms with E-state index in [-0.39, 0.29) is 156 Å². The van der Waals surface area contributed by atoms with Gasteiger partial charge in [0.05, 0.1) is 105 Å². The van der Waals surface area contributed by atoms with Gasteiger partial charge in [-0.15, -0.1) is 0 Å². The third-order valence-corrected chi connectivity index (χ3v) is 17.8. The average Bonchev–Trinajstić information content (AvgIpc) is 0.870. The molecule has 104 heavy (non-hydrogen) atoms. The molecule has 0 aromatic heterocycles. The van der Waals surface area contributed by atoms with Crippen molar-refractivity contribution in [2.45, 2.75) is 117 Å². The fourth-order valence-corrected chi connectivity index (χ4v) is 10.7. The molecule has 0 spiro atoms. The summed E-state index contributed by atoms with van der Waals surface area (Å²) < 4.78 is 0. The molecule has 1 aromatic rings. The number of nitrogens with zero attached hydrogens (tertiary/aromatic N) is 15. The lowest BCUT2D eigenvalue weighted by molar-refractivity contribution is -0.149. The number of benzene rings is 1. The zero-order valence-electron chi connectivity index (χ0n) is 65.0. The summed E-state index contributed by atoms with van der Waals surface area (Å²) in [4.78, 5) is 236. The zero-order chi connectivity index (χ0) is 78.8. The molecule has 33 heteroatoms. The number of rotatable bonds is 50. The largest absolute Gasteiger partial charge is 0.350 e. The van der Waals surface area contributed by atoms with Crippen LogP contribution in [0.1, 0.15) is 116 Å². The monoisotopic (exact) mass is 1470 g/mol. The van der Waals surface area contributed by atoms with E-state index in [1.807, 2.05) is 37.3 Å². The first-order valence-corrected chi connectivity index (χ1v) is 36.7. The molecule has 0 aliphatic rings. The van der Waals surface area contributed by atoms with E-state index < -0.39 is 148 Å². The Kier molecular flexibility index (Phi) is 44.7. The second-order valence-electron chi connectivity index (χ2n) is 24.2. The highest BCUT2D eigenvalue weighted by Crippen LogP contribution is 2.10. The van der Waals surface area contributed by atoms with Crippen LogP contribution in [0, 0.1) is 0 Å². The first kappa shape index (κ1) is 92.7. The maximum atomic E-state index is 13.9. The lowest BCUT2D eigenvalue weighted by Crippen LogP contribution is -2.53. The lowest BCUT2D eigenvalue weighted by atomic mass is 10.2. The average molecular weight is 1470 g/mol. The summed E-state index contributed by atoms with van der Waals surface area (Å²) in [6, 6.07) is 9.29. The van der Waals surface area contributed by atoms with Crippen molar-refractivity contribution in [3.63, 3.8) is 0 Å². The minimum Gasteiger partial charge on any atom is -0.350 e. The van der Waals surface area contributed by atoms with Gasteiger partial charge in [-0.2, -0.15) is 0 Å². The van der Waals surface area contributed by atoms with Gasteiger partial charge in [-0.25, -0.2) is 0 Å². The number of hydrogen-bond acceptors (Lipinski definition) is 17. The van der Waals surface area contributed by atoms with Crippen LogP contribution in [-0.4, -0.2) is 377 Å². The van der Waals surface area contributed by atoms with Crippen molar-refractivity contribution in [2.24, 2.45) is 0 Å². The van der Waals surface area contributed by atoms with Crippen molar-refractivity contribution in [1.29, 1.82) is 0 Å². The molecule has 1 aromatic carbocycles. The number of hydrogen-bond donors (Lipinski definition) is 2. The summed E-state index contributed by atoms with van der Waals surface area (Å²) in [5, 5.41) is 5.74. The van der Waals surface area contributed by atoms with E-state index in [2.05, 4.69) is 10.6 Å². The van der Waals surface area contributed by atoms with E-state index in [1.54, 1.807) is 104 Å². The van der Waals surface area contributed by atoms with Crippen LogP contribution in [0.4, 0.5) is 0 Å². The maximum absolute atomic E-state index is 13.9. The molecule has 0 heterocycles. The van der Waals surface area contributed by atoms with Gasteiger partial charge in [0.2, 0.25) is 94.5 Å². The predicted octanol–water partition coefficient (Wildman–Crippen LogP) is -1.36. The van der Waals surface area contributed by atoms with Gasteiger partial charge in [0.25, 0.3) is 0 Å². The van der Waals surface area contributed by atoms with Gasteiger partial charge in [-0.05, 0) is 116 Å². The van der Waals surface area contributed by atoms with Crippen molar-refractivity contribution in [3.8, 4) is 0 Å². The molecule has 0 fully saturated rings. The minimum absolute atomic E-state index is 0.0422. The number of nitrogens with one attached hydrogen (secondary N) is 2. The van der Waals surface area contributed by atoms with Gasteiger partial charge in [-0.3, -0.25) is 76.7 Å². The Balaban J connectivity index is 2.96. The molecule has 586 valence electrons. The van der Waals surface area contributed by atoms with Crippen LogP contribution < -0.4 is 10.6 Å². The first-order valence-electron chi connectivity index (χ1n) is 36.7. The molecular formula is C71H121N17O16. The Hall–Kier alpha value is -9.30. The van der Waals surface area contributed by atoms with Crippen LogP contribution in [0.25, 0.3) is 0 Å². The van der Waals surface area contributed by atoms with Crippen LogP contribution in [-0.2, 0) is 83.3 Å². The van der Waals surface area contributed by atoms with E-state index in [9.17, 15) is 76.7 Å². The molecule has 33 nitrogen and oxygen atoms in total. The van der Waals surface area contributed by atoms with Crippen LogP contribution in [0.2, 0.25) is 0 Å². The SMILES string of the molecule is CCNCC(=O)N(CC)CC(=O)N(CC)CC(=O)N(CC)CC(=O)N(CC)CC(=O)N(CC)CC(=O)N(CC)CC(=O)N(CC)CC(=O)N(CC)CC(=O)N(CC)CC(=O)N(CC)CC(=O)N(CC)CC(=O)N(CC)CC(=O)N(CC)CC(=O)N(CC)CC(=O)N(CC)CC(=O)NCc1ccccc1. The van der Waals surface area contributed by atoms with Crippen LogP contribution in [0.15, 0.2) is 30.3 Å². The highest BCUT2D eigenvalue weighted by Gasteiger charge is 2.33. The van der Waals surface area contributed by atoms with Gasteiger partial charge >= 0.3 is 0 Å². The van der Waals surface area contributed by atoms with Crippen LogP contribution in [0.5, 0.6) is 0 Å². The molecule has 0 aliphatic carbocycles. The fraction of sp³-hybridized carbons (Fsp3) is 0.690. The summed E-state index contributed by atoms with van der Waals surface area (Å²) in [6.45, 7) is 23.4. The molecule has 0 aliphatic heterocycles. The Morgan fingerprint density at radius 1 is 0.221 bits per heavy atom. The van der Waals surface area contributed by atoms with Gasteiger partial charge in [0.15, 0.2) is 0 Å². The highest BCUT2D eigenvalue weighted by atomic mass is 16.2. The van der Waals surface area contributed by atoms with Gasteiger partial charge in [0.1, 0.15) is 0 Å². The number of carbonyl (C=O) groups excluding carboxylic acids is 16. The molecule has 0 bridgehead atoms. The van der Waals surface area contributed by atoms with Crippen LogP contribution in [0.3, 0.4) is 0 Å². The van der Waals surface area contributed by atoms with Crippen molar-refractivity contribution in [2.75, 3.05) is 209 Å². The third-order valence-electron chi connectivity index (χ3n) is 17.8. The van der Waals surface area contributed by atoms with Crippen molar-refractivity contribution < 1.29 is 76.7 Å². The quantitative estimate of drug-likeness (QED) is 0.0761. The first-order chi connectivity index (χ1) is 49.5. The summed E-state index contributed by atoms with van der Waals surface area (Å²) >= 11 is 0. The maximum Gasteiger partial charge on any atom is 0.242 e. The smallest absolute Gasteiger partial charge is 0.242 e. The van der Waals surface area contributed by atoms with Crippen molar-refractivity contribution >= 4 is 94.5 Å². The summed E-state index contributed by atoms with van der Waals surface area (Å²) in [7, 11) is 0. The normalized spacial score (nSPS) is 10.7. The fourth-order valence-electron chi connectivity index (χ4n) is 10.7. The Bertz CT molecular complexity index is 3000. The number of amides is 16. The molecule has 0 atom stereocenters. The standard InChI is InChI=1S/C71H121N17O16/c1-17-72-39-57(90)75(19-3)41-59(92)77(21-5)43-61(94)79(23-7)45-63(96)81(25-9)47-65(98)83(27-11)49-67(100)85(29-13)51-69(102)87(31-15)53-71(104)88(32-16)54-70(103)86(30-14)52-68(101)84(28-12)50-66(99)82(26-10)48-64(97)80(24-8)46-62(95)78(22-6)44-60(93)76(20-4)42-58(91)74(18-2)40-56(89)73-38-55-36-34-33-35-37-55/h33-37,72H,17-32,38-54H2,1-16H3,(H,73,89). The summed E-state index contributed by atoms with van der Waals surface area (Å²) in [5.41, 5.74) is 0.892.